The van der Waals surface area contributed by atoms with Gasteiger partial charge in [-0.3, -0.25) is 4.79 Å². The van der Waals surface area contributed by atoms with Gasteiger partial charge in [0, 0.05) is 6.61 Å². The van der Waals surface area contributed by atoms with E-state index in [-0.39, 0.29) is 17.6 Å². The van der Waals surface area contributed by atoms with Gasteiger partial charge in [0.2, 0.25) is 5.91 Å². The molecular formula is C12H24N2O2. The highest BCUT2D eigenvalue weighted by Crippen LogP contribution is 2.25. The number of rotatable bonds is 4. The lowest BCUT2D eigenvalue weighted by molar-refractivity contribution is -0.125. The molecular weight excluding hydrogens is 204 g/mol. The number of carbonyl (C=O) groups is 1. The summed E-state index contributed by atoms with van der Waals surface area (Å²) in [6.45, 7) is 8.84. The molecule has 1 rings (SSSR count). The standard InChI is InChI=1S/C12H24N2O2/c1-8(2)7-10(13)11(15)14-12(4)5-6-16-9(12)3/h8-10H,5-7,13H2,1-4H3,(H,14,15)/t9?,10-,12?/m1/s1. The number of amides is 1. The van der Waals surface area contributed by atoms with Crippen LogP contribution in [-0.2, 0) is 9.53 Å². The monoisotopic (exact) mass is 228 g/mol. The van der Waals surface area contributed by atoms with Crippen molar-refractivity contribution in [1.82, 2.24) is 5.32 Å². The van der Waals surface area contributed by atoms with Gasteiger partial charge in [-0.15, -0.1) is 0 Å². The predicted molar refractivity (Wildman–Crippen MR) is 64.0 cm³/mol. The fourth-order valence-corrected chi connectivity index (χ4v) is 1.99. The van der Waals surface area contributed by atoms with Crippen LogP contribution in [0, 0.1) is 5.92 Å². The summed E-state index contributed by atoms with van der Waals surface area (Å²) < 4.78 is 5.47. The smallest absolute Gasteiger partial charge is 0.237 e. The van der Waals surface area contributed by atoms with Crippen LogP contribution in [-0.4, -0.2) is 30.2 Å². The molecule has 0 aromatic carbocycles. The maximum absolute atomic E-state index is 11.9. The molecule has 0 aromatic rings. The van der Waals surface area contributed by atoms with Crippen LogP contribution >= 0.6 is 0 Å². The summed E-state index contributed by atoms with van der Waals surface area (Å²) >= 11 is 0. The van der Waals surface area contributed by atoms with Crippen molar-refractivity contribution in [2.24, 2.45) is 11.7 Å². The van der Waals surface area contributed by atoms with Crippen LogP contribution in [0.2, 0.25) is 0 Å². The number of hydrogen-bond acceptors (Lipinski definition) is 3. The van der Waals surface area contributed by atoms with Crippen LogP contribution in [0.5, 0.6) is 0 Å². The van der Waals surface area contributed by atoms with E-state index in [0.717, 1.165) is 12.8 Å². The Morgan fingerprint density at radius 2 is 2.25 bits per heavy atom. The van der Waals surface area contributed by atoms with Crippen LogP contribution in [0.1, 0.15) is 40.5 Å². The van der Waals surface area contributed by atoms with E-state index in [2.05, 4.69) is 19.2 Å². The van der Waals surface area contributed by atoms with Crippen LogP contribution in [0.3, 0.4) is 0 Å². The van der Waals surface area contributed by atoms with Crippen LogP contribution in [0.15, 0.2) is 0 Å². The van der Waals surface area contributed by atoms with Crippen molar-refractivity contribution in [3.63, 3.8) is 0 Å². The third kappa shape index (κ3) is 3.19. The number of hydrogen-bond donors (Lipinski definition) is 2. The Labute approximate surface area is 97.9 Å². The zero-order valence-electron chi connectivity index (χ0n) is 10.7. The fraction of sp³-hybridized carbons (Fsp3) is 0.917. The van der Waals surface area contributed by atoms with Gasteiger partial charge in [0.25, 0.3) is 0 Å². The van der Waals surface area contributed by atoms with Crippen molar-refractivity contribution in [2.45, 2.75) is 58.2 Å². The molecule has 0 spiro atoms. The number of ether oxygens (including phenoxy) is 1. The van der Waals surface area contributed by atoms with E-state index in [1.54, 1.807) is 0 Å². The minimum atomic E-state index is -0.412. The van der Waals surface area contributed by atoms with Crippen LogP contribution in [0.4, 0.5) is 0 Å². The van der Waals surface area contributed by atoms with Crippen molar-refractivity contribution in [1.29, 1.82) is 0 Å². The molecule has 1 aliphatic rings. The maximum atomic E-state index is 11.9. The van der Waals surface area contributed by atoms with E-state index in [9.17, 15) is 4.79 Å². The van der Waals surface area contributed by atoms with Crippen molar-refractivity contribution in [3.8, 4) is 0 Å². The van der Waals surface area contributed by atoms with Gasteiger partial charge in [-0.05, 0) is 32.6 Å². The average molecular weight is 228 g/mol. The largest absolute Gasteiger partial charge is 0.376 e. The summed E-state index contributed by atoms with van der Waals surface area (Å²) in [5, 5.41) is 3.02. The second-order valence-electron chi connectivity index (χ2n) is 5.41. The molecule has 1 heterocycles. The second-order valence-corrected chi connectivity index (χ2v) is 5.41. The van der Waals surface area contributed by atoms with Gasteiger partial charge in [0.15, 0.2) is 0 Å². The third-order valence-electron chi connectivity index (χ3n) is 3.36. The van der Waals surface area contributed by atoms with Gasteiger partial charge < -0.3 is 15.8 Å². The summed E-state index contributed by atoms with van der Waals surface area (Å²) in [5.74, 6) is 0.374. The molecule has 0 radical (unpaired) electrons. The summed E-state index contributed by atoms with van der Waals surface area (Å²) in [5.41, 5.74) is 5.59. The van der Waals surface area contributed by atoms with Crippen molar-refractivity contribution in [2.75, 3.05) is 6.61 Å². The molecule has 1 amide bonds. The van der Waals surface area contributed by atoms with Gasteiger partial charge >= 0.3 is 0 Å². The highest BCUT2D eigenvalue weighted by molar-refractivity contribution is 5.82. The highest BCUT2D eigenvalue weighted by Gasteiger charge is 2.39. The highest BCUT2D eigenvalue weighted by atomic mass is 16.5. The Morgan fingerprint density at radius 3 is 2.69 bits per heavy atom. The Hall–Kier alpha value is -0.610. The van der Waals surface area contributed by atoms with Crippen molar-refractivity contribution < 1.29 is 9.53 Å². The van der Waals surface area contributed by atoms with E-state index in [1.807, 2.05) is 13.8 Å². The Morgan fingerprint density at radius 1 is 1.62 bits per heavy atom. The van der Waals surface area contributed by atoms with Gasteiger partial charge in [-0.1, -0.05) is 13.8 Å². The number of nitrogens with two attached hydrogens (primary N) is 1. The molecule has 2 unspecified atom stereocenters. The van der Waals surface area contributed by atoms with Gasteiger partial charge in [0.1, 0.15) is 0 Å². The SMILES string of the molecule is CC(C)C[C@@H](N)C(=O)NC1(C)CCOC1C. The molecule has 3 N–H and O–H groups in total. The van der Waals surface area contributed by atoms with Gasteiger partial charge in [0.05, 0.1) is 17.7 Å². The third-order valence-corrected chi connectivity index (χ3v) is 3.36. The molecule has 16 heavy (non-hydrogen) atoms. The molecule has 3 atom stereocenters. The zero-order valence-corrected chi connectivity index (χ0v) is 10.7. The predicted octanol–water partition coefficient (Wildman–Crippen LogP) is 1.04. The molecule has 4 nitrogen and oxygen atoms in total. The minimum absolute atomic E-state index is 0.0581. The van der Waals surface area contributed by atoms with Crippen molar-refractivity contribution in [3.05, 3.63) is 0 Å². The summed E-state index contributed by atoms with van der Waals surface area (Å²) in [7, 11) is 0. The normalized spacial score (nSPS) is 31.8. The molecule has 1 aliphatic heterocycles. The van der Waals surface area contributed by atoms with E-state index in [1.165, 1.54) is 0 Å². The molecule has 0 aromatic heterocycles. The van der Waals surface area contributed by atoms with Gasteiger partial charge in [-0.2, -0.15) is 0 Å². The molecule has 1 fully saturated rings. The molecule has 0 saturated carbocycles. The first kappa shape index (κ1) is 13.5. The first-order valence-corrected chi connectivity index (χ1v) is 6.04. The lowest BCUT2D eigenvalue weighted by atomic mass is 9.93. The summed E-state index contributed by atoms with van der Waals surface area (Å²) in [6.07, 6.45) is 1.63. The Kier molecular flexibility index (Phi) is 4.33. The number of nitrogens with one attached hydrogen (secondary N) is 1. The lowest BCUT2D eigenvalue weighted by Gasteiger charge is -2.30. The average Bonchev–Trinajstić information content (AvgIpc) is 2.45. The van der Waals surface area contributed by atoms with Gasteiger partial charge in [-0.25, -0.2) is 0 Å². The zero-order chi connectivity index (χ0) is 12.3. The second kappa shape index (κ2) is 5.15. The molecule has 1 saturated heterocycles. The van der Waals surface area contributed by atoms with Crippen LogP contribution < -0.4 is 11.1 Å². The van der Waals surface area contributed by atoms with E-state index >= 15 is 0 Å². The van der Waals surface area contributed by atoms with Crippen LogP contribution in [0.25, 0.3) is 0 Å². The quantitative estimate of drug-likeness (QED) is 0.755. The Bertz CT molecular complexity index is 255. The number of carbonyl (C=O) groups excluding carboxylic acids is 1. The molecule has 4 heteroatoms. The summed E-state index contributed by atoms with van der Waals surface area (Å²) in [6, 6.07) is -0.412. The molecule has 0 aliphatic carbocycles. The molecule has 94 valence electrons. The van der Waals surface area contributed by atoms with E-state index < -0.39 is 6.04 Å². The fourth-order valence-electron chi connectivity index (χ4n) is 1.99. The first-order chi connectivity index (χ1) is 7.35. The Balaban J connectivity index is 2.50. The minimum Gasteiger partial charge on any atom is -0.376 e. The lowest BCUT2D eigenvalue weighted by Crippen LogP contribution is -2.55. The van der Waals surface area contributed by atoms with E-state index in [0.29, 0.717) is 12.5 Å². The van der Waals surface area contributed by atoms with Crippen molar-refractivity contribution >= 4 is 5.91 Å². The maximum Gasteiger partial charge on any atom is 0.237 e. The summed E-state index contributed by atoms with van der Waals surface area (Å²) in [4.78, 5) is 11.9. The van der Waals surface area contributed by atoms with E-state index in [4.69, 9.17) is 10.5 Å². The first-order valence-electron chi connectivity index (χ1n) is 6.04. The molecule has 0 bridgehead atoms. The topological polar surface area (TPSA) is 64.4 Å².